The first kappa shape index (κ1) is 14.0. The molecule has 116 valence electrons. The summed E-state index contributed by atoms with van der Waals surface area (Å²) in [5, 5.41) is 2.81. The molecule has 0 aliphatic carbocycles. The quantitative estimate of drug-likeness (QED) is 0.751. The Balaban J connectivity index is 1.64. The summed E-state index contributed by atoms with van der Waals surface area (Å²) >= 11 is 0. The van der Waals surface area contributed by atoms with Crippen LogP contribution in [0.5, 0.6) is 0 Å². The molecule has 0 radical (unpaired) electrons. The van der Waals surface area contributed by atoms with E-state index < -0.39 is 15.9 Å². The van der Waals surface area contributed by atoms with Crippen molar-refractivity contribution in [2.24, 2.45) is 0 Å². The molecule has 4 rings (SSSR count). The van der Waals surface area contributed by atoms with Crippen LogP contribution in [0.15, 0.2) is 53.7 Å². The van der Waals surface area contributed by atoms with E-state index in [0.29, 0.717) is 16.0 Å². The fraction of sp³-hybridized carbons (Fsp3) is 0.125. The number of aromatic nitrogens is 2. The van der Waals surface area contributed by atoms with Gasteiger partial charge in [-0.2, -0.15) is 0 Å². The Labute approximate surface area is 132 Å². The number of sulfone groups is 1. The smallest absolute Gasteiger partial charge is 0.251 e. The molecule has 6 nitrogen and oxygen atoms in total. The van der Waals surface area contributed by atoms with Crippen molar-refractivity contribution in [1.82, 2.24) is 15.3 Å². The third-order valence-electron chi connectivity index (χ3n) is 4.00. The number of carbonyl (C=O) groups excluding carboxylic acids is 1. The van der Waals surface area contributed by atoms with Gasteiger partial charge in [-0.1, -0.05) is 18.2 Å². The summed E-state index contributed by atoms with van der Waals surface area (Å²) in [5.41, 5.74) is 2.64. The van der Waals surface area contributed by atoms with Gasteiger partial charge in [0.25, 0.3) is 5.91 Å². The Morgan fingerprint density at radius 2 is 2.04 bits per heavy atom. The number of nitrogens with one attached hydrogen (secondary N) is 2. The summed E-state index contributed by atoms with van der Waals surface area (Å²) in [6.45, 7) is 0. The van der Waals surface area contributed by atoms with E-state index in [4.69, 9.17) is 0 Å². The molecule has 3 aromatic rings. The zero-order valence-corrected chi connectivity index (χ0v) is 12.8. The van der Waals surface area contributed by atoms with Crippen molar-refractivity contribution in [2.75, 3.05) is 5.75 Å². The molecule has 1 aliphatic rings. The minimum atomic E-state index is -3.34. The summed E-state index contributed by atoms with van der Waals surface area (Å²) in [6, 6.07) is 11.4. The maximum Gasteiger partial charge on any atom is 0.251 e. The van der Waals surface area contributed by atoms with Gasteiger partial charge in [-0.15, -0.1) is 0 Å². The molecule has 1 amide bonds. The van der Waals surface area contributed by atoms with Crippen LogP contribution in [-0.2, 0) is 9.84 Å². The van der Waals surface area contributed by atoms with E-state index in [9.17, 15) is 13.2 Å². The average molecular weight is 327 g/mol. The van der Waals surface area contributed by atoms with Crippen molar-refractivity contribution in [3.63, 3.8) is 0 Å². The van der Waals surface area contributed by atoms with Gasteiger partial charge in [0.15, 0.2) is 9.84 Å². The first-order valence-corrected chi connectivity index (χ1v) is 8.75. The maximum atomic E-state index is 12.4. The highest BCUT2D eigenvalue weighted by Gasteiger charge is 2.35. The summed E-state index contributed by atoms with van der Waals surface area (Å²) < 4.78 is 24.3. The highest BCUT2D eigenvalue weighted by Crippen LogP contribution is 2.33. The molecule has 1 unspecified atom stereocenters. The molecule has 23 heavy (non-hydrogen) atoms. The van der Waals surface area contributed by atoms with Crippen LogP contribution in [-0.4, -0.2) is 30.0 Å². The molecule has 2 heterocycles. The fourth-order valence-electron chi connectivity index (χ4n) is 2.89. The first-order chi connectivity index (χ1) is 11.0. The molecule has 2 N–H and O–H groups in total. The monoisotopic (exact) mass is 327 g/mol. The summed E-state index contributed by atoms with van der Waals surface area (Å²) in [7, 11) is -3.34. The lowest BCUT2D eigenvalue weighted by Crippen LogP contribution is -2.29. The normalized spacial score (nSPS) is 18.7. The number of H-pyrrole nitrogens is 1. The third kappa shape index (κ3) is 2.29. The molecule has 0 fully saturated rings. The molecule has 0 saturated heterocycles. The first-order valence-electron chi connectivity index (χ1n) is 7.10. The minimum absolute atomic E-state index is 0.107. The Morgan fingerprint density at radius 3 is 2.91 bits per heavy atom. The molecule has 1 atom stereocenters. The van der Waals surface area contributed by atoms with Gasteiger partial charge in [0, 0.05) is 5.56 Å². The van der Waals surface area contributed by atoms with Gasteiger partial charge in [0.1, 0.15) is 0 Å². The van der Waals surface area contributed by atoms with Crippen LogP contribution in [0.1, 0.15) is 22.0 Å². The van der Waals surface area contributed by atoms with Crippen LogP contribution in [0, 0.1) is 0 Å². The minimum Gasteiger partial charge on any atom is -0.345 e. The molecular weight excluding hydrogens is 314 g/mol. The zero-order chi connectivity index (χ0) is 16.0. The van der Waals surface area contributed by atoms with Crippen LogP contribution in [0.4, 0.5) is 0 Å². The highest BCUT2D eigenvalue weighted by atomic mass is 32.2. The number of hydrogen-bond donors (Lipinski definition) is 2. The highest BCUT2D eigenvalue weighted by molar-refractivity contribution is 7.91. The van der Waals surface area contributed by atoms with Gasteiger partial charge in [0.05, 0.1) is 34.1 Å². The number of benzene rings is 2. The Bertz CT molecular complexity index is 1020. The summed E-state index contributed by atoms with van der Waals surface area (Å²) in [4.78, 5) is 19.8. The van der Waals surface area contributed by atoms with Gasteiger partial charge < -0.3 is 10.3 Å². The number of rotatable bonds is 2. The van der Waals surface area contributed by atoms with Crippen LogP contribution in [0.25, 0.3) is 11.0 Å². The average Bonchev–Trinajstić information content (AvgIpc) is 3.10. The van der Waals surface area contributed by atoms with Crippen LogP contribution < -0.4 is 5.32 Å². The van der Waals surface area contributed by atoms with Gasteiger partial charge >= 0.3 is 0 Å². The van der Waals surface area contributed by atoms with Crippen molar-refractivity contribution in [1.29, 1.82) is 0 Å². The van der Waals surface area contributed by atoms with Crippen molar-refractivity contribution in [3.8, 4) is 0 Å². The number of carbonyl (C=O) groups is 1. The molecule has 0 bridgehead atoms. The van der Waals surface area contributed by atoms with Crippen molar-refractivity contribution in [3.05, 3.63) is 59.9 Å². The molecule has 1 aromatic heterocycles. The second kappa shape index (κ2) is 4.92. The summed E-state index contributed by atoms with van der Waals surface area (Å²) in [6.07, 6.45) is 1.56. The largest absolute Gasteiger partial charge is 0.345 e. The summed E-state index contributed by atoms with van der Waals surface area (Å²) in [5.74, 6) is -0.414. The van der Waals surface area contributed by atoms with Crippen LogP contribution >= 0.6 is 0 Å². The lowest BCUT2D eigenvalue weighted by atomic mass is 10.1. The van der Waals surface area contributed by atoms with E-state index in [0.717, 1.165) is 11.0 Å². The van der Waals surface area contributed by atoms with Gasteiger partial charge in [0.2, 0.25) is 0 Å². The fourth-order valence-corrected chi connectivity index (χ4v) is 4.63. The van der Waals surface area contributed by atoms with E-state index in [1.54, 1.807) is 48.8 Å². The van der Waals surface area contributed by atoms with E-state index in [2.05, 4.69) is 15.3 Å². The number of aromatic amines is 1. The maximum absolute atomic E-state index is 12.4. The predicted molar refractivity (Wildman–Crippen MR) is 84.8 cm³/mol. The zero-order valence-electron chi connectivity index (χ0n) is 12.0. The number of imidazole rings is 1. The molecule has 7 heteroatoms. The third-order valence-corrected chi connectivity index (χ3v) is 5.82. The lowest BCUT2D eigenvalue weighted by molar-refractivity contribution is 0.0941. The van der Waals surface area contributed by atoms with Crippen molar-refractivity contribution < 1.29 is 13.2 Å². The van der Waals surface area contributed by atoms with E-state index in [1.165, 1.54) is 0 Å². The van der Waals surface area contributed by atoms with Crippen molar-refractivity contribution in [2.45, 2.75) is 10.9 Å². The van der Waals surface area contributed by atoms with Gasteiger partial charge in [-0.05, 0) is 29.8 Å². The van der Waals surface area contributed by atoms with Crippen LogP contribution in [0.2, 0.25) is 0 Å². The molecule has 0 saturated carbocycles. The van der Waals surface area contributed by atoms with E-state index >= 15 is 0 Å². The SMILES string of the molecule is O=C(NC1CS(=O)(=O)c2ccccc21)c1ccc2nc[nH]c2c1. The second-order valence-corrected chi connectivity index (χ2v) is 7.48. The van der Waals surface area contributed by atoms with Gasteiger partial charge in [-0.3, -0.25) is 4.79 Å². The topological polar surface area (TPSA) is 91.9 Å². The molecular formula is C16H13N3O3S. The number of hydrogen-bond acceptors (Lipinski definition) is 4. The second-order valence-electron chi connectivity index (χ2n) is 5.48. The van der Waals surface area contributed by atoms with Gasteiger partial charge in [-0.25, -0.2) is 13.4 Å². The molecule has 2 aromatic carbocycles. The lowest BCUT2D eigenvalue weighted by Gasteiger charge is -2.12. The van der Waals surface area contributed by atoms with E-state index in [-0.39, 0.29) is 11.7 Å². The Hall–Kier alpha value is -2.67. The van der Waals surface area contributed by atoms with Crippen molar-refractivity contribution >= 4 is 26.8 Å². The Morgan fingerprint density at radius 1 is 1.22 bits per heavy atom. The van der Waals surface area contributed by atoms with E-state index in [1.807, 2.05) is 0 Å². The number of nitrogens with zero attached hydrogens (tertiary/aromatic N) is 1. The number of fused-ring (bicyclic) bond motifs is 2. The molecule has 1 aliphatic heterocycles. The molecule has 0 spiro atoms. The standard InChI is InChI=1S/C16H13N3O3S/c20-16(10-5-6-12-13(7-10)18-9-17-12)19-14-8-23(21,22)15-4-2-1-3-11(14)15/h1-7,9,14H,8H2,(H,17,18)(H,19,20). The van der Waals surface area contributed by atoms with Crippen LogP contribution in [0.3, 0.4) is 0 Å². The predicted octanol–water partition coefficient (Wildman–Crippen LogP) is 1.82. The number of amides is 1. The Kier molecular flexibility index (Phi) is 2.99.